The molecule has 0 aromatic heterocycles. The lowest BCUT2D eigenvalue weighted by molar-refractivity contribution is 0.0994. The zero-order chi connectivity index (χ0) is 7.40. The van der Waals surface area contributed by atoms with Crippen LogP contribution >= 0.6 is 0 Å². The fourth-order valence-electron chi connectivity index (χ4n) is 1.11. The summed E-state index contributed by atoms with van der Waals surface area (Å²) in [6, 6.07) is 0. The van der Waals surface area contributed by atoms with Gasteiger partial charge in [0.15, 0.2) is 0 Å². The van der Waals surface area contributed by atoms with Crippen molar-refractivity contribution in [1.82, 2.24) is 0 Å². The minimum atomic E-state index is 0.110. The zero-order valence-electron chi connectivity index (χ0n) is 5.92. The Kier molecular flexibility index (Phi) is 2.53. The number of nitriles is 1. The Balaban J connectivity index is 2.40. The molecule has 1 aliphatic rings. The molecule has 1 atom stereocenters. The van der Waals surface area contributed by atoms with Crippen LogP contribution in [0.2, 0.25) is 12.6 Å². The molecule has 0 aliphatic carbocycles. The van der Waals surface area contributed by atoms with E-state index in [0.29, 0.717) is 6.61 Å². The van der Waals surface area contributed by atoms with Crippen LogP contribution in [0.3, 0.4) is 0 Å². The van der Waals surface area contributed by atoms with Gasteiger partial charge in [-0.2, -0.15) is 0 Å². The maximum absolute atomic E-state index is 8.56. The largest absolute Gasteiger partial charge is 0.376 e. The van der Waals surface area contributed by atoms with Gasteiger partial charge in [-0.3, -0.25) is 0 Å². The first-order valence-electron chi connectivity index (χ1n) is 3.50. The van der Waals surface area contributed by atoms with Gasteiger partial charge in [-0.05, 0) is 12.6 Å². The van der Waals surface area contributed by atoms with Crippen molar-refractivity contribution in [2.45, 2.75) is 18.7 Å². The summed E-state index contributed by atoms with van der Waals surface area (Å²) in [4.78, 5) is 0. The number of hydrogen-bond acceptors (Lipinski definition) is 2. The first-order chi connectivity index (χ1) is 4.86. The standard InChI is InChI=1S/C7H10BNO/c1-2-7-5-8(6-9)3-4-10-7/h2,7H,1,3-5H2. The Hall–Kier alpha value is -0.745. The quantitative estimate of drug-likeness (QED) is 0.398. The first-order valence-corrected chi connectivity index (χ1v) is 3.50. The highest BCUT2D eigenvalue weighted by atomic mass is 16.5. The molecular weight excluding hydrogens is 125 g/mol. The van der Waals surface area contributed by atoms with Gasteiger partial charge in [0.1, 0.15) is 0 Å². The Bertz CT molecular complexity index is 163. The van der Waals surface area contributed by atoms with Crippen LogP contribution in [0.5, 0.6) is 0 Å². The van der Waals surface area contributed by atoms with Crippen LogP contribution in [-0.2, 0) is 4.74 Å². The number of ether oxygens (including phenoxy) is 1. The lowest BCUT2D eigenvalue weighted by atomic mass is 9.45. The number of hydrogen-bond donors (Lipinski definition) is 0. The highest BCUT2D eigenvalue weighted by Gasteiger charge is 2.23. The zero-order valence-corrected chi connectivity index (χ0v) is 5.92. The maximum atomic E-state index is 8.56. The van der Waals surface area contributed by atoms with Crippen molar-refractivity contribution < 1.29 is 4.74 Å². The van der Waals surface area contributed by atoms with E-state index in [2.05, 4.69) is 12.5 Å². The SMILES string of the molecule is C=CC1CB(C#N)CCO1. The van der Waals surface area contributed by atoms with Gasteiger partial charge < -0.3 is 4.74 Å². The van der Waals surface area contributed by atoms with Crippen molar-refractivity contribution in [3.8, 4) is 5.97 Å². The first kappa shape index (κ1) is 7.36. The summed E-state index contributed by atoms with van der Waals surface area (Å²) in [5.41, 5.74) is 0. The molecule has 2 nitrogen and oxygen atoms in total. The molecule has 3 heteroatoms. The van der Waals surface area contributed by atoms with Crippen LogP contribution in [0.25, 0.3) is 0 Å². The second-order valence-electron chi connectivity index (χ2n) is 2.50. The van der Waals surface area contributed by atoms with Crippen LogP contribution in [0.4, 0.5) is 0 Å². The van der Waals surface area contributed by atoms with Crippen LogP contribution in [-0.4, -0.2) is 19.4 Å². The molecule has 10 heavy (non-hydrogen) atoms. The van der Waals surface area contributed by atoms with Crippen molar-refractivity contribution in [2.24, 2.45) is 0 Å². The topological polar surface area (TPSA) is 33.0 Å². The molecule has 0 amide bonds. The lowest BCUT2D eigenvalue weighted by Gasteiger charge is -2.20. The van der Waals surface area contributed by atoms with Gasteiger partial charge in [0.2, 0.25) is 0 Å². The third kappa shape index (κ3) is 1.62. The molecule has 0 spiro atoms. The van der Waals surface area contributed by atoms with E-state index < -0.39 is 0 Å². The second kappa shape index (κ2) is 3.43. The molecule has 1 rings (SSSR count). The Morgan fingerprint density at radius 3 is 3.20 bits per heavy atom. The summed E-state index contributed by atoms with van der Waals surface area (Å²) in [6.45, 7) is 4.50. The maximum Gasteiger partial charge on any atom is 0.273 e. The van der Waals surface area contributed by atoms with Gasteiger partial charge in [-0.1, -0.05) is 6.08 Å². The minimum Gasteiger partial charge on any atom is -0.376 e. The predicted molar refractivity (Wildman–Crippen MR) is 40.9 cm³/mol. The van der Waals surface area contributed by atoms with Crippen molar-refractivity contribution in [2.75, 3.05) is 6.61 Å². The van der Waals surface area contributed by atoms with Gasteiger partial charge in [0, 0.05) is 12.6 Å². The smallest absolute Gasteiger partial charge is 0.273 e. The van der Waals surface area contributed by atoms with Gasteiger partial charge in [-0.25, -0.2) is 5.26 Å². The van der Waals surface area contributed by atoms with E-state index in [1.807, 2.05) is 0 Å². The number of nitrogens with zero attached hydrogens (tertiary/aromatic N) is 1. The summed E-state index contributed by atoms with van der Waals surface area (Å²) in [7, 11) is 0. The molecular formula is C7H10BNO. The second-order valence-corrected chi connectivity index (χ2v) is 2.50. The third-order valence-corrected chi connectivity index (χ3v) is 1.76. The highest BCUT2D eigenvalue weighted by Crippen LogP contribution is 2.14. The van der Waals surface area contributed by atoms with E-state index in [1.54, 1.807) is 6.08 Å². The molecule has 0 saturated carbocycles. The Labute approximate surface area is 61.6 Å². The molecule has 1 fully saturated rings. The number of rotatable bonds is 1. The molecule has 1 aliphatic heterocycles. The van der Waals surface area contributed by atoms with Crippen LogP contribution < -0.4 is 0 Å². The van der Waals surface area contributed by atoms with E-state index >= 15 is 0 Å². The summed E-state index contributed by atoms with van der Waals surface area (Å²) >= 11 is 0. The van der Waals surface area contributed by atoms with E-state index in [9.17, 15) is 0 Å². The summed E-state index contributed by atoms with van der Waals surface area (Å²) in [6.07, 6.45) is 3.57. The van der Waals surface area contributed by atoms with Gasteiger partial charge in [-0.15, -0.1) is 6.58 Å². The highest BCUT2D eigenvalue weighted by molar-refractivity contribution is 6.67. The molecule has 52 valence electrons. The fourth-order valence-corrected chi connectivity index (χ4v) is 1.11. The summed E-state index contributed by atoms with van der Waals surface area (Å²) < 4.78 is 5.29. The molecule has 1 heterocycles. The lowest BCUT2D eigenvalue weighted by Crippen LogP contribution is -2.28. The van der Waals surface area contributed by atoms with E-state index in [4.69, 9.17) is 10.00 Å². The van der Waals surface area contributed by atoms with Crippen molar-refractivity contribution in [3.63, 3.8) is 0 Å². The molecule has 0 bridgehead atoms. The molecule has 1 saturated heterocycles. The van der Waals surface area contributed by atoms with Crippen molar-refractivity contribution in [1.29, 1.82) is 5.26 Å². The summed E-state index contributed by atoms with van der Waals surface area (Å²) in [5, 5.41) is 8.56. The minimum absolute atomic E-state index is 0.110. The van der Waals surface area contributed by atoms with Gasteiger partial charge >= 0.3 is 0 Å². The van der Waals surface area contributed by atoms with E-state index in [0.717, 1.165) is 12.6 Å². The van der Waals surface area contributed by atoms with Crippen LogP contribution in [0, 0.1) is 11.2 Å². The van der Waals surface area contributed by atoms with Gasteiger partial charge in [0.05, 0.1) is 6.10 Å². The Morgan fingerprint density at radius 1 is 1.80 bits per heavy atom. The van der Waals surface area contributed by atoms with Crippen LogP contribution in [0.1, 0.15) is 0 Å². The van der Waals surface area contributed by atoms with Crippen LogP contribution in [0.15, 0.2) is 12.7 Å². The van der Waals surface area contributed by atoms with Crippen molar-refractivity contribution in [3.05, 3.63) is 12.7 Å². The Morgan fingerprint density at radius 2 is 2.60 bits per heavy atom. The fraction of sp³-hybridized carbons (Fsp3) is 0.571. The monoisotopic (exact) mass is 135 g/mol. The normalized spacial score (nSPS) is 25.5. The molecule has 0 aromatic carbocycles. The average molecular weight is 135 g/mol. The van der Waals surface area contributed by atoms with Crippen molar-refractivity contribution >= 4 is 6.71 Å². The molecule has 0 radical (unpaired) electrons. The third-order valence-electron chi connectivity index (χ3n) is 1.76. The van der Waals surface area contributed by atoms with Gasteiger partial charge in [0.25, 0.3) is 6.71 Å². The van der Waals surface area contributed by atoms with E-state index in [-0.39, 0.29) is 12.8 Å². The van der Waals surface area contributed by atoms with E-state index in [1.165, 1.54) is 0 Å². The summed E-state index contributed by atoms with van der Waals surface area (Å²) in [5.74, 6) is 2.24. The predicted octanol–water partition coefficient (Wildman–Crippen LogP) is 1.13. The average Bonchev–Trinajstić information content (AvgIpc) is 2.05. The molecule has 0 aromatic rings. The molecule has 0 N–H and O–H groups in total. The molecule has 1 unspecified atom stereocenters.